The van der Waals surface area contributed by atoms with Gasteiger partial charge in [0.1, 0.15) is 0 Å². The van der Waals surface area contributed by atoms with Crippen LogP contribution in [0.5, 0.6) is 0 Å². The number of carbonyl (C=O) groups is 1. The van der Waals surface area contributed by atoms with Gasteiger partial charge in [0, 0.05) is 14.5 Å². The molecule has 0 aliphatic heterocycles. The molecule has 0 heterocycles. The summed E-state index contributed by atoms with van der Waals surface area (Å²) in [5.41, 5.74) is 2.57. The second kappa shape index (κ2) is 4.02. The number of rotatable bonds is 1. The number of hydrazine groups is 1. The lowest BCUT2D eigenvalue weighted by atomic mass is 10.2. The molecule has 0 aliphatic carbocycles. The van der Waals surface area contributed by atoms with E-state index in [1.807, 2.05) is 6.07 Å². The second-order valence-corrected chi connectivity index (χ2v) is 3.96. The Kier molecular flexibility index (Phi) is 3.25. The fraction of sp³-hybridized carbons (Fsp3) is 0. The highest BCUT2D eigenvalue weighted by Gasteiger charge is 2.04. The van der Waals surface area contributed by atoms with E-state index in [4.69, 9.17) is 5.84 Å². The van der Waals surface area contributed by atoms with E-state index in [-0.39, 0.29) is 5.91 Å². The van der Waals surface area contributed by atoms with Crippen LogP contribution in [-0.4, -0.2) is 5.91 Å². The van der Waals surface area contributed by atoms with E-state index in [1.165, 1.54) is 0 Å². The summed E-state index contributed by atoms with van der Waals surface area (Å²) >= 11 is 6.52. The summed E-state index contributed by atoms with van der Waals surface area (Å²) < 4.78 is 1.66. The van der Waals surface area contributed by atoms with Crippen LogP contribution in [0.1, 0.15) is 10.4 Å². The molecule has 0 spiro atoms. The van der Waals surface area contributed by atoms with Gasteiger partial charge >= 0.3 is 0 Å². The van der Waals surface area contributed by atoms with Gasteiger partial charge in [-0.3, -0.25) is 10.2 Å². The van der Waals surface area contributed by atoms with Crippen molar-refractivity contribution in [2.24, 2.45) is 5.84 Å². The van der Waals surface area contributed by atoms with Crippen LogP contribution in [0.15, 0.2) is 27.1 Å². The number of hydrogen-bond donors (Lipinski definition) is 2. The van der Waals surface area contributed by atoms with Crippen molar-refractivity contribution in [3.05, 3.63) is 32.7 Å². The van der Waals surface area contributed by atoms with Gasteiger partial charge in [0.2, 0.25) is 0 Å². The number of nitrogens with one attached hydrogen (secondary N) is 1. The standard InChI is InChI=1S/C7H6Br2N2O/c8-5-1-4(7(12)11-10)2-6(9)3-5/h1-3H,10H2,(H,11,12). The van der Waals surface area contributed by atoms with E-state index in [0.717, 1.165) is 8.95 Å². The third kappa shape index (κ3) is 2.30. The van der Waals surface area contributed by atoms with Crippen LogP contribution in [0.25, 0.3) is 0 Å². The van der Waals surface area contributed by atoms with E-state index in [2.05, 4.69) is 37.3 Å². The average Bonchev–Trinajstić information content (AvgIpc) is 2.01. The molecule has 0 aromatic heterocycles. The molecule has 1 aromatic rings. The van der Waals surface area contributed by atoms with Crippen LogP contribution in [0, 0.1) is 0 Å². The smallest absolute Gasteiger partial charge is 0.265 e. The van der Waals surface area contributed by atoms with Gasteiger partial charge in [0.25, 0.3) is 5.91 Å². The van der Waals surface area contributed by atoms with Crippen LogP contribution in [-0.2, 0) is 0 Å². The molecule has 1 aromatic carbocycles. The molecule has 0 saturated carbocycles. The van der Waals surface area contributed by atoms with Crippen LogP contribution in [0.3, 0.4) is 0 Å². The summed E-state index contributed by atoms with van der Waals surface area (Å²) in [6.07, 6.45) is 0. The third-order valence-corrected chi connectivity index (χ3v) is 2.17. The minimum absolute atomic E-state index is 0.308. The van der Waals surface area contributed by atoms with E-state index in [9.17, 15) is 4.79 Å². The minimum Gasteiger partial charge on any atom is -0.290 e. The molecule has 1 rings (SSSR count). The summed E-state index contributed by atoms with van der Waals surface area (Å²) in [5.74, 6) is 4.67. The Labute approximate surface area is 86.6 Å². The predicted octanol–water partition coefficient (Wildman–Crippen LogP) is 1.82. The summed E-state index contributed by atoms with van der Waals surface area (Å²) in [7, 11) is 0. The zero-order valence-electron chi connectivity index (χ0n) is 5.97. The number of benzene rings is 1. The summed E-state index contributed by atoms with van der Waals surface area (Å²) in [5, 5.41) is 0. The summed E-state index contributed by atoms with van der Waals surface area (Å²) in [4.78, 5) is 11.0. The van der Waals surface area contributed by atoms with E-state index in [1.54, 1.807) is 12.1 Å². The highest BCUT2D eigenvalue weighted by atomic mass is 79.9. The van der Waals surface area contributed by atoms with Crippen molar-refractivity contribution >= 4 is 37.8 Å². The molecule has 3 N–H and O–H groups in total. The minimum atomic E-state index is -0.308. The van der Waals surface area contributed by atoms with Crippen LogP contribution >= 0.6 is 31.9 Å². The molecule has 0 unspecified atom stereocenters. The van der Waals surface area contributed by atoms with Crippen LogP contribution in [0.2, 0.25) is 0 Å². The number of nitrogen functional groups attached to an aromatic ring is 1. The van der Waals surface area contributed by atoms with Gasteiger partial charge in [-0.1, -0.05) is 31.9 Å². The zero-order chi connectivity index (χ0) is 9.14. The summed E-state index contributed by atoms with van der Waals surface area (Å²) in [6.45, 7) is 0. The Morgan fingerprint density at radius 2 is 1.75 bits per heavy atom. The first-order chi connectivity index (χ1) is 5.63. The topological polar surface area (TPSA) is 55.1 Å². The highest BCUT2D eigenvalue weighted by molar-refractivity contribution is 9.11. The number of halogens is 2. The van der Waals surface area contributed by atoms with Crippen molar-refractivity contribution in [3.63, 3.8) is 0 Å². The Hall–Kier alpha value is -0.390. The molecule has 0 atom stereocenters. The first-order valence-corrected chi connectivity index (χ1v) is 4.69. The monoisotopic (exact) mass is 292 g/mol. The number of carbonyl (C=O) groups excluding carboxylic acids is 1. The maximum Gasteiger partial charge on any atom is 0.265 e. The van der Waals surface area contributed by atoms with Gasteiger partial charge in [-0.2, -0.15) is 0 Å². The normalized spacial score (nSPS) is 9.58. The highest BCUT2D eigenvalue weighted by Crippen LogP contribution is 2.19. The Bertz CT molecular complexity index is 294. The maximum atomic E-state index is 11.0. The van der Waals surface area contributed by atoms with Crippen LogP contribution < -0.4 is 11.3 Å². The van der Waals surface area contributed by atoms with Crippen molar-refractivity contribution < 1.29 is 4.79 Å². The van der Waals surface area contributed by atoms with Gasteiger partial charge in [0.15, 0.2) is 0 Å². The molecule has 1 amide bonds. The van der Waals surface area contributed by atoms with Crippen molar-refractivity contribution in [3.8, 4) is 0 Å². The van der Waals surface area contributed by atoms with Gasteiger partial charge < -0.3 is 0 Å². The van der Waals surface area contributed by atoms with Gasteiger partial charge in [0.05, 0.1) is 0 Å². The zero-order valence-corrected chi connectivity index (χ0v) is 9.15. The molecule has 0 fully saturated rings. The molecular weight excluding hydrogens is 288 g/mol. The molecule has 0 aliphatic rings. The first kappa shape index (κ1) is 9.70. The van der Waals surface area contributed by atoms with Crippen molar-refractivity contribution in [2.45, 2.75) is 0 Å². The second-order valence-electron chi connectivity index (χ2n) is 2.13. The first-order valence-electron chi connectivity index (χ1n) is 3.10. The number of amides is 1. The number of hydrogen-bond acceptors (Lipinski definition) is 2. The molecule has 3 nitrogen and oxygen atoms in total. The third-order valence-electron chi connectivity index (χ3n) is 1.26. The molecule has 64 valence electrons. The lowest BCUT2D eigenvalue weighted by Crippen LogP contribution is -2.29. The van der Waals surface area contributed by atoms with Crippen molar-refractivity contribution in [1.82, 2.24) is 5.43 Å². The molecule has 0 bridgehead atoms. The van der Waals surface area contributed by atoms with Crippen molar-refractivity contribution in [2.75, 3.05) is 0 Å². The quantitative estimate of drug-likeness (QED) is 0.471. The lowest BCUT2D eigenvalue weighted by Gasteiger charge is -2.00. The average molecular weight is 294 g/mol. The van der Waals surface area contributed by atoms with Crippen LogP contribution in [0.4, 0.5) is 0 Å². The SMILES string of the molecule is NNC(=O)c1cc(Br)cc(Br)c1. The number of nitrogens with two attached hydrogens (primary N) is 1. The Morgan fingerprint density at radius 3 is 2.17 bits per heavy atom. The molecule has 0 saturated heterocycles. The molecule has 0 radical (unpaired) electrons. The van der Waals surface area contributed by atoms with Crippen molar-refractivity contribution in [1.29, 1.82) is 0 Å². The summed E-state index contributed by atoms with van der Waals surface area (Å²) in [6, 6.07) is 5.22. The largest absolute Gasteiger partial charge is 0.290 e. The fourth-order valence-corrected chi connectivity index (χ4v) is 2.06. The lowest BCUT2D eigenvalue weighted by molar-refractivity contribution is 0.0953. The van der Waals surface area contributed by atoms with Gasteiger partial charge in [-0.25, -0.2) is 5.84 Å². The Morgan fingerprint density at radius 1 is 1.25 bits per heavy atom. The van der Waals surface area contributed by atoms with Gasteiger partial charge in [-0.05, 0) is 18.2 Å². The molecular formula is C7H6Br2N2O. The Balaban J connectivity index is 3.08. The maximum absolute atomic E-state index is 11.0. The van der Waals surface area contributed by atoms with Gasteiger partial charge in [-0.15, -0.1) is 0 Å². The molecule has 12 heavy (non-hydrogen) atoms. The van der Waals surface area contributed by atoms with E-state index < -0.39 is 0 Å². The molecule has 5 heteroatoms. The predicted molar refractivity (Wildman–Crippen MR) is 53.5 cm³/mol. The fourth-order valence-electron chi connectivity index (χ4n) is 0.768. The van der Waals surface area contributed by atoms with E-state index >= 15 is 0 Å². The van der Waals surface area contributed by atoms with E-state index in [0.29, 0.717) is 5.56 Å².